The van der Waals surface area contributed by atoms with Gasteiger partial charge in [-0.2, -0.15) is 0 Å². The van der Waals surface area contributed by atoms with Gasteiger partial charge in [0.15, 0.2) is 0 Å². The zero-order valence-electron chi connectivity index (χ0n) is 10.6. The third kappa shape index (κ3) is 2.99. The zero-order chi connectivity index (χ0) is 12.1. The molecule has 1 heterocycles. The standard InChI is InChI=1S/C14H22N3/c1-2-7-16-8-10-17(11-9-16)14-6-4-3-5-13(14)12-15/h2-6H,7-12,15H2,1H3. The highest BCUT2D eigenvalue weighted by atomic mass is 15.3. The van der Waals surface area contributed by atoms with Crippen molar-refractivity contribution >= 4 is 5.69 Å². The van der Waals surface area contributed by atoms with Gasteiger partial charge in [0.05, 0.1) is 0 Å². The lowest BCUT2D eigenvalue weighted by molar-refractivity contribution is 0.276. The highest BCUT2D eigenvalue weighted by molar-refractivity contribution is 5.53. The van der Waals surface area contributed by atoms with Crippen LogP contribution in [0.5, 0.6) is 0 Å². The molecule has 1 fully saturated rings. The molecule has 0 bridgehead atoms. The number of hydrogen-bond donors (Lipinski definition) is 1. The van der Waals surface area contributed by atoms with Crippen molar-refractivity contribution in [3.63, 3.8) is 0 Å². The second-order valence-corrected chi connectivity index (χ2v) is 4.53. The van der Waals surface area contributed by atoms with Crippen molar-refractivity contribution in [1.82, 2.24) is 4.90 Å². The van der Waals surface area contributed by atoms with Crippen molar-refractivity contribution in [1.29, 1.82) is 0 Å². The van der Waals surface area contributed by atoms with Gasteiger partial charge >= 0.3 is 0 Å². The van der Waals surface area contributed by atoms with Crippen molar-refractivity contribution in [2.24, 2.45) is 5.73 Å². The molecule has 0 saturated carbocycles. The number of anilines is 1. The van der Waals surface area contributed by atoms with E-state index in [0.717, 1.165) is 32.7 Å². The Kier molecular flexibility index (Phi) is 4.40. The number of benzene rings is 1. The fourth-order valence-electron chi connectivity index (χ4n) is 2.42. The van der Waals surface area contributed by atoms with E-state index in [0.29, 0.717) is 6.54 Å². The van der Waals surface area contributed by atoms with Crippen LogP contribution in [0, 0.1) is 6.42 Å². The van der Waals surface area contributed by atoms with E-state index < -0.39 is 0 Å². The summed E-state index contributed by atoms with van der Waals surface area (Å²) in [5.74, 6) is 0. The molecule has 1 aliphatic heterocycles. The van der Waals surface area contributed by atoms with E-state index in [1.165, 1.54) is 11.3 Å². The highest BCUT2D eigenvalue weighted by Gasteiger charge is 2.17. The summed E-state index contributed by atoms with van der Waals surface area (Å²) in [6.07, 6.45) is 2.23. The van der Waals surface area contributed by atoms with Gasteiger partial charge in [-0.1, -0.05) is 25.1 Å². The first kappa shape index (κ1) is 12.4. The molecule has 2 rings (SSSR count). The number of rotatable bonds is 4. The summed E-state index contributed by atoms with van der Waals surface area (Å²) in [7, 11) is 0. The Bertz CT molecular complexity index is 343. The molecule has 17 heavy (non-hydrogen) atoms. The van der Waals surface area contributed by atoms with E-state index in [1.807, 2.05) is 0 Å². The molecule has 0 amide bonds. The third-order valence-electron chi connectivity index (χ3n) is 3.37. The first-order valence-electron chi connectivity index (χ1n) is 6.38. The average Bonchev–Trinajstić information content (AvgIpc) is 2.40. The third-order valence-corrected chi connectivity index (χ3v) is 3.37. The summed E-state index contributed by atoms with van der Waals surface area (Å²) in [4.78, 5) is 4.94. The summed E-state index contributed by atoms with van der Waals surface area (Å²) in [5, 5.41) is 0. The predicted octanol–water partition coefficient (Wildman–Crippen LogP) is 1.49. The van der Waals surface area contributed by atoms with Crippen LogP contribution in [0.3, 0.4) is 0 Å². The molecule has 1 saturated heterocycles. The maximum atomic E-state index is 5.79. The SMILES string of the molecule is C[CH]CN1CCN(c2ccccc2CN)CC1. The molecule has 93 valence electrons. The van der Waals surface area contributed by atoms with Crippen LogP contribution < -0.4 is 10.6 Å². The maximum absolute atomic E-state index is 5.79. The Labute approximate surface area is 104 Å². The van der Waals surface area contributed by atoms with Crippen LogP contribution in [0.25, 0.3) is 0 Å². The van der Waals surface area contributed by atoms with Gasteiger partial charge in [0.25, 0.3) is 0 Å². The number of para-hydroxylation sites is 1. The van der Waals surface area contributed by atoms with E-state index in [1.54, 1.807) is 0 Å². The zero-order valence-corrected chi connectivity index (χ0v) is 10.6. The molecule has 1 aliphatic rings. The largest absolute Gasteiger partial charge is 0.369 e. The van der Waals surface area contributed by atoms with Gasteiger partial charge in [-0.25, -0.2) is 0 Å². The van der Waals surface area contributed by atoms with Gasteiger partial charge in [-0.15, -0.1) is 0 Å². The minimum absolute atomic E-state index is 0.624. The lowest BCUT2D eigenvalue weighted by Crippen LogP contribution is -2.46. The van der Waals surface area contributed by atoms with Crippen molar-refractivity contribution < 1.29 is 0 Å². The normalized spacial score (nSPS) is 17.4. The molecule has 0 unspecified atom stereocenters. The van der Waals surface area contributed by atoms with E-state index in [2.05, 4.69) is 47.4 Å². The summed E-state index contributed by atoms with van der Waals surface area (Å²) in [5.41, 5.74) is 8.36. The van der Waals surface area contributed by atoms with Crippen LogP contribution in [0.15, 0.2) is 24.3 Å². The fraction of sp³-hybridized carbons (Fsp3) is 0.500. The van der Waals surface area contributed by atoms with Crippen molar-refractivity contribution in [3.05, 3.63) is 36.2 Å². The Morgan fingerprint density at radius 3 is 2.53 bits per heavy atom. The number of hydrogen-bond acceptors (Lipinski definition) is 3. The van der Waals surface area contributed by atoms with Crippen molar-refractivity contribution in [2.45, 2.75) is 13.5 Å². The Morgan fingerprint density at radius 2 is 1.88 bits per heavy atom. The van der Waals surface area contributed by atoms with Crippen LogP contribution in [-0.2, 0) is 6.54 Å². The smallest absolute Gasteiger partial charge is 0.0412 e. The molecular weight excluding hydrogens is 210 g/mol. The number of piperazine rings is 1. The van der Waals surface area contributed by atoms with Crippen LogP contribution in [0.2, 0.25) is 0 Å². The van der Waals surface area contributed by atoms with E-state index in [4.69, 9.17) is 5.73 Å². The topological polar surface area (TPSA) is 32.5 Å². The molecule has 3 nitrogen and oxygen atoms in total. The molecule has 1 radical (unpaired) electrons. The molecular formula is C14H22N3. The molecule has 3 heteroatoms. The Morgan fingerprint density at radius 1 is 1.18 bits per heavy atom. The summed E-state index contributed by atoms with van der Waals surface area (Å²) in [6.45, 7) is 8.34. The molecule has 0 aliphatic carbocycles. The summed E-state index contributed by atoms with van der Waals surface area (Å²) >= 11 is 0. The number of nitrogens with two attached hydrogens (primary N) is 1. The Balaban J connectivity index is 2.00. The molecule has 1 aromatic carbocycles. The van der Waals surface area contributed by atoms with Gasteiger partial charge in [0, 0.05) is 45.0 Å². The summed E-state index contributed by atoms with van der Waals surface area (Å²) < 4.78 is 0. The monoisotopic (exact) mass is 232 g/mol. The molecule has 0 atom stereocenters. The van der Waals surface area contributed by atoms with Crippen LogP contribution >= 0.6 is 0 Å². The maximum Gasteiger partial charge on any atom is 0.0412 e. The molecule has 1 aromatic rings. The lowest BCUT2D eigenvalue weighted by Gasteiger charge is -2.36. The number of nitrogens with zero attached hydrogens (tertiary/aromatic N) is 2. The average molecular weight is 232 g/mol. The van der Waals surface area contributed by atoms with E-state index in [9.17, 15) is 0 Å². The fourth-order valence-corrected chi connectivity index (χ4v) is 2.42. The van der Waals surface area contributed by atoms with Gasteiger partial charge in [-0.05, 0) is 18.1 Å². The molecule has 2 N–H and O–H groups in total. The van der Waals surface area contributed by atoms with E-state index >= 15 is 0 Å². The second-order valence-electron chi connectivity index (χ2n) is 4.53. The van der Waals surface area contributed by atoms with Gasteiger partial charge in [-0.3, -0.25) is 4.90 Å². The first-order valence-corrected chi connectivity index (χ1v) is 6.38. The quantitative estimate of drug-likeness (QED) is 0.853. The lowest BCUT2D eigenvalue weighted by atomic mass is 10.1. The van der Waals surface area contributed by atoms with Crippen LogP contribution in [-0.4, -0.2) is 37.6 Å². The molecule has 0 spiro atoms. The predicted molar refractivity (Wildman–Crippen MR) is 73.0 cm³/mol. The second kappa shape index (κ2) is 6.03. The van der Waals surface area contributed by atoms with Gasteiger partial charge < -0.3 is 10.6 Å². The van der Waals surface area contributed by atoms with Gasteiger partial charge in [0.1, 0.15) is 0 Å². The minimum Gasteiger partial charge on any atom is -0.369 e. The van der Waals surface area contributed by atoms with Crippen LogP contribution in [0.1, 0.15) is 12.5 Å². The minimum atomic E-state index is 0.624. The van der Waals surface area contributed by atoms with Gasteiger partial charge in [0.2, 0.25) is 0 Å². The van der Waals surface area contributed by atoms with E-state index in [-0.39, 0.29) is 0 Å². The van der Waals surface area contributed by atoms with Crippen molar-refractivity contribution in [3.8, 4) is 0 Å². The molecule has 0 aromatic heterocycles. The first-order chi connectivity index (χ1) is 8.35. The highest BCUT2D eigenvalue weighted by Crippen LogP contribution is 2.21. The summed E-state index contributed by atoms with van der Waals surface area (Å²) in [6, 6.07) is 8.47. The van der Waals surface area contributed by atoms with Crippen molar-refractivity contribution in [2.75, 3.05) is 37.6 Å². The Hall–Kier alpha value is -1.06. The van der Waals surface area contributed by atoms with Crippen LogP contribution in [0.4, 0.5) is 5.69 Å².